The van der Waals surface area contributed by atoms with Crippen LogP contribution in [0, 0.1) is 0 Å². The molecule has 0 saturated carbocycles. The quantitative estimate of drug-likeness (QED) is 0.153. The van der Waals surface area contributed by atoms with Crippen molar-refractivity contribution in [3.8, 4) is 23.0 Å². The van der Waals surface area contributed by atoms with E-state index in [1.165, 1.54) is 27.8 Å². The van der Waals surface area contributed by atoms with Gasteiger partial charge in [0.15, 0.2) is 0 Å². The summed E-state index contributed by atoms with van der Waals surface area (Å²) in [5, 5.41) is 21.5. The monoisotopic (exact) mass is 806 g/mol. The SMILES string of the molecule is CC(=O)[O-].CC1=C[C@H]2c3ccc4cc3C1c1ccc(cc12)OCc1ccc(cc1)COc1ccc2c(c1)C1C(C(=O)[O-])=C(C)[C@@H]2c2cc(ccc21)OCc1ccc(cc1)CO4. The highest BCUT2D eigenvalue weighted by Gasteiger charge is 2.42. The number of carboxylic acid groups (broad SMARTS) is 2. The molecule has 6 aromatic carbocycles. The van der Waals surface area contributed by atoms with E-state index in [1.807, 2.05) is 31.2 Å². The zero-order valence-electron chi connectivity index (χ0n) is 34.0. The fourth-order valence-electron chi connectivity index (χ4n) is 9.93. The molecule has 2 unspecified atom stereocenters. The summed E-state index contributed by atoms with van der Waals surface area (Å²) >= 11 is 0. The van der Waals surface area contributed by atoms with Gasteiger partial charge in [-0.05, 0) is 142 Å². The zero-order chi connectivity index (χ0) is 41.9. The number of carbonyl (C=O) groups is 2. The summed E-state index contributed by atoms with van der Waals surface area (Å²) in [6, 6.07) is 41.9. The van der Waals surface area contributed by atoms with Crippen LogP contribution in [0.2, 0.25) is 0 Å². The van der Waals surface area contributed by atoms with Crippen molar-refractivity contribution in [1.29, 1.82) is 0 Å². The van der Waals surface area contributed by atoms with E-state index in [9.17, 15) is 9.90 Å². The average Bonchev–Trinajstić information content (AvgIpc) is 3.26. The van der Waals surface area contributed by atoms with Crippen LogP contribution in [0.4, 0.5) is 0 Å². The Hall–Kier alpha value is -7.06. The first-order valence-electron chi connectivity index (χ1n) is 20.6. The summed E-state index contributed by atoms with van der Waals surface area (Å²) in [6.45, 7) is 6.83. The van der Waals surface area contributed by atoms with Crippen LogP contribution in [-0.2, 0) is 36.0 Å². The molecule has 0 N–H and O–H groups in total. The van der Waals surface area contributed by atoms with Crippen molar-refractivity contribution >= 4 is 11.9 Å². The Balaban J connectivity index is 0.00000107. The Morgan fingerprint density at radius 3 is 1.23 bits per heavy atom. The van der Waals surface area contributed by atoms with E-state index >= 15 is 0 Å². The zero-order valence-corrected chi connectivity index (χ0v) is 34.0. The topological polar surface area (TPSA) is 117 Å². The largest absolute Gasteiger partial charge is 0.550 e. The number of hydrogen-bond acceptors (Lipinski definition) is 8. The molecule has 8 nitrogen and oxygen atoms in total. The van der Waals surface area contributed by atoms with Gasteiger partial charge >= 0.3 is 0 Å². The second-order valence-electron chi connectivity index (χ2n) is 16.5. The lowest BCUT2D eigenvalue weighted by Crippen LogP contribution is -2.36. The normalized spacial score (nSPS) is 20.0. The van der Waals surface area contributed by atoms with E-state index < -0.39 is 17.9 Å². The van der Waals surface area contributed by atoms with Gasteiger partial charge in [0.05, 0.1) is 5.97 Å². The Morgan fingerprint density at radius 1 is 0.459 bits per heavy atom. The van der Waals surface area contributed by atoms with Gasteiger partial charge in [-0.1, -0.05) is 90.0 Å². The minimum Gasteiger partial charge on any atom is -0.550 e. The van der Waals surface area contributed by atoms with Crippen molar-refractivity contribution in [2.75, 3.05) is 0 Å². The predicted octanol–water partition coefficient (Wildman–Crippen LogP) is 8.27. The van der Waals surface area contributed by atoms with Crippen LogP contribution in [0.25, 0.3) is 0 Å². The highest BCUT2D eigenvalue weighted by Crippen LogP contribution is 2.57. The van der Waals surface area contributed by atoms with E-state index in [0.29, 0.717) is 37.8 Å². The molecule has 304 valence electrons. The molecule has 0 aromatic heterocycles. The molecule has 0 spiro atoms. The number of aliphatic carboxylic acids is 2. The fourth-order valence-corrected chi connectivity index (χ4v) is 9.93. The molecular weight excluding hydrogens is 765 g/mol. The first kappa shape index (κ1) is 38.2. The third kappa shape index (κ3) is 6.92. The summed E-state index contributed by atoms with van der Waals surface area (Å²) in [5.41, 5.74) is 16.1. The van der Waals surface area contributed by atoms with Gasteiger partial charge in [-0.2, -0.15) is 0 Å². The van der Waals surface area contributed by atoms with Gasteiger partial charge < -0.3 is 38.7 Å². The van der Waals surface area contributed by atoms with Crippen LogP contribution in [0.1, 0.15) is 111 Å². The maximum atomic E-state index is 12.6. The van der Waals surface area contributed by atoms with Gasteiger partial charge in [0.2, 0.25) is 0 Å². The lowest BCUT2D eigenvalue weighted by Gasteiger charge is -2.43. The molecule has 0 radical (unpaired) electrons. The van der Waals surface area contributed by atoms with E-state index in [-0.39, 0.29) is 17.8 Å². The lowest BCUT2D eigenvalue weighted by atomic mass is 9.61. The van der Waals surface area contributed by atoms with Crippen molar-refractivity contribution < 1.29 is 38.7 Å². The van der Waals surface area contributed by atoms with E-state index in [1.54, 1.807) is 0 Å². The molecule has 28 rings (SSSR count). The molecule has 6 aromatic rings. The molecule has 4 atom stereocenters. The van der Waals surface area contributed by atoms with E-state index in [2.05, 4.69) is 110 Å². The van der Waals surface area contributed by atoms with Gasteiger partial charge in [0, 0.05) is 29.6 Å². The number of allylic oxidation sites excluding steroid dienone is 3. The first-order valence-corrected chi connectivity index (χ1v) is 20.6. The van der Waals surface area contributed by atoms with Crippen LogP contribution in [-0.4, -0.2) is 11.9 Å². The molecule has 16 heterocycles. The molecule has 0 amide bonds. The van der Waals surface area contributed by atoms with E-state index in [4.69, 9.17) is 28.8 Å². The van der Waals surface area contributed by atoms with Gasteiger partial charge in [0.1, 0.15) is 49.4 Å². The molecule has 6 aliphatic carbocycles. The highest BCUT2D eigenvalue weighted by atomic mass is 16.5. The molecule has 61 heavy (non-hydrogen) atoms. The van der Waals surface area contributed by atoms with Crippen LogP contribution >= 0.6 is 0 Å². The van der Waals surface area contributed by atoms with Crippen LogP contribution in [0.3, 0.4) is 0 Å². The summed E-state index contributed by atoms with van der Waals surface area (Å²) in [7, 11) is 0. The highest BCUT2D eigenvalue weighted by molar-refractivity contribution is 5.92. The standard InChI is InChI=1S/C51H40O6.C2H4O2/c1-28-19-42-38-15-11-35-21-44(38)47(28)39-16-12-34(20-43(39)42)54-24-30-3-5-33(6-4-30)27-57-37-13-17-40-46(23-37)50-41-18-14-36(22-45(41)48(40)29(2)49(50)51(52)53)56-26-32-9-7-31(8-10-32)25-55-35;1-2(3)4/h3-23,42,47-48,50H,24-27H2,1-2H3,(H,52,53);1H3,(H,3,4)/p-2/t42-,47?,48-,50?;/m0./s1. The number of hydrogen-bond donors (Lipinski definition) is 0. The summed E-state index contributed by atoms with van der Waals surface area (Å²) in [4.78, 5) is 21.5. The Morgan fingerprint density at radius 2 is 0.803 bits per heavy atom. The lowest BCUT2D eigenvalue weighted by molar-refractivity contribution is -0.302. The molecular formula is C53H42O8-2. The number of benzene rings is 6. The molecule has 0 fully saturated rings. The summed E-state index contributed by atoms with van der Waals surface area (Å²) in [5.74, 6) is 0.670. The number of rotatable bonds is 1. The van der Waals surface area contributed by atoms with Crippen molar-refractivity contribution in [2.24, 2.45) is 0 Å². The molecule has 22 aliphatic rings. The van der Waals surface area contributed by atoms with Crippen molar-refractivity contribution in [3.05, 3.63) is 211 Å². The van der Waals surface area contributed by atoms with Crippen LogP contribution in [0.5, 0.6) is 23.0 Å². The van der Waals surface area contributed by atoms with Gasteiger partial charge in [-0.25, -0.2) is 0 Å². The van der Waals surface area contributed by atoms with Crippen LogP contribution in [0.15, 0.2) is 144 Å². The first-order chi connectivity index (χ1) is 29.6. The van der Waals surface area contributed by atoms with Gasteiger partial charge in [0.25, 0.3) is 0 Å². The molecule has 20 bridgehead atoms. The minimum absolute atomic E-state index is 0.179. The van der Waals surface area contributed by atoms with Crippen molar-refractivity contribution in [1.82, 2.24) is 0 Å². The minimum atomic E-state index is -1.13. The third-order valence-electron chi connectivity index (χ3n) is 12.7. The smallest absolute Gasteiger partial charge is 0.120 e. The van der Waals surface area contributed by atoms with Gasteiger partial charge in [-0.15, -0.1) is 0 Å². The summed E-state index contributed by atoms with van der Waals surface area (Å²) in [6.07, 6.45) is 2.40. The van der Waals surface area contributed by atoms with Crippen LogP contribution < -0.4 is 29.2 Å². The third-order valence-corrected chi connectivity index (χ3v) is 12.7. The molecule has 16 aliphatic heterocycles. The van der Waals surface area contributed by atoms with E-state index in [0.717, 1.165) is 74.3 Å². The number of carboxylic acids is 2. The molecule has 0 saturated heterocycles. The summed E-state index contributed by atoms with van der Waals surface area (Å²) < 4.78 is 25.4. The predicted molar refractivity (Wildman–Crippen MR) is 225 cm³/mol. The average molecular weight is 807 g/mol. The molecule has 8 heteroatoms. The second-order valence-corrected chi connectivity index (χ2v) is 16.5. The maximum Gasteiger partial charge on any atom is 0.120 e. The van der Waals surface area contributed by atoms with Crippen molar-refractivity contribution in [3.63, 3.8) is 0 Å². The maximum absolute atomic E-state index is 12.6. The van der Waals surface area contributed by atoms with Gasteiger partial charge in [-0.3, -0.25) is 0 Å². The number of ether oxygens (including phenoxy) is 4. The Kier molecular flexibility index (Phi) is 9.51. The fraction of sp³-hybridized carbons (Fsp3) is 0.208. The Bertz CT molecular complexity index is 2810. The Labute approximate surface area is 354 Å². The second kappa shape index (κ2) is 15.2. The van der Waals surface area contributed by atoms with Crippen molar-refractivity contribution in [2.45, 2.75) is 70.9 Å². The number of carbonyl (C=O) groups excluding carboxylic acids is 2.